The Bertz CT molecular complexity index is 592. The zero-order chi connectivity index (χ0) is 15.5. The Morgan fingerprint density at radius 3 is 2.67 bits per heavy atom. The molecule has 0 aliphatic carbocycles. The number of halogens is 3. The molecular weight excluding hydrogens is 281 g/mol. The second-order valence-corrected chi connectivity index (χ2v) is 5.14. The third-order valence-electron chi connectivity index (χ3n) is 3.51. The van der Waals surface area contributed by atoms with Gasteiger partial charge in [-0.15, -0.1) is 0 Å². The summed E-state index contributed by atoms with van der Waals surface area (Å²) < 4.78 is 41.7. The minimum atomic E-state index is -4.09. The second-order valence-electron chi connectivity index (χ2n) is 5.14. The van der Waals surface area contributed by atoms with E-state index in [4.69, 9.17) is 4.74 Å². The Morgan fingerprint density at radius 2 is 2.00 bits per heavy atom. The number of benzene rings is 1. The highest BCUT2D eigenvalue weighted by atomic mass is 19.4. The van der Waals surface area contributed by atoms with Crippen molar-refractivity contribution in [3.63, 3.8) is 0 Å². The van der Waals surface area contributed by atoms with Gasteiger partial charge in [0.25, 0.3) is 0 Å². The summed E-state index contributed by atoms with van der Waals surface area (Å²) >= 11 is 0. The number of nitrogens with one attached hydrogen (secondary N) is 1. The van der Waals surface area contributed by atoms with Gasteiger partial charge >= 0.3 is 6.18 Å². The third kappa shape index (κ3) is 4.39. The van der Waals surface area contributed by atoms with Crippen LogP contribution in [-0.4, -0.2) is 43.3 Å². The highest BCUT2D eigenvalue weighted by molar-refractivity contribution is 5.84. The van der Waals surface area contributed by atoms with Crippen LogP contribution < -0.4 is 4.74 Å². The van der Waals surface area contributed by atoms with Crippen molar-refractivity contribution in [2.45, 2.75) is 19.0 Å². The quantitative estimate of drug-likeness (QED) is 0.883. The maximum atomic E-state index is 12.2. The van der Waals surface area contributed by atoms with E-state index in [0.29, 0.717) is 13.0 Å². The number of nitrogens with zero attached hydrogens (tertiary/aromatic N) is 1. The molecule has 0 atom stereocenters. The van der Waals surface area contributed by atoms with E-state index in [1.54, 1.807) is 19.1 Å². The van der Waals surface area contributed by atoms with E-state index in [-0.39, 0.29) is 6.54 Å². The zero-order valence-corrected chi connectivity index (χ0v) is 12.1. The van der Waals surface area contributed by atoms with Crippen LogP contribution >= 0.6 is 0 Å². The molecule has 2 rings (SSSR count). The molecule has 0 amide bonds. The lowest BCUT2D eigenvalue weighted by atomic mass is 10.1. The number of likely N-dealkylation sites (N-methyl/N-ethyl adjacent to an activating group) is 1. The number of H-pyrrole nitrogens is 1. The Balaban J connectivity index is 1.97. The van der Waals surface area contributed by atoms with E-state index in [0.717, 1.165) is 22.2 Å². The summed E-state index contributed by atoms with van der Waals surface area (Å²) in [5.74, 6) is 0.772. The molecule has 0 radical (unpaired) electrons. The van der Waals surface area contributed by atoms with Gasteiger partial charge in [0.15, 0.2) is 0 Å². The van der Waals surface area contributed by atoms with Crippen molar-refractivity contribution in [1.82, 2.24) is 9.88 Å². The van der Waals surface area contributed by atoms with Crippen LogP contribution in [0.5, 0.6) is 5.75 Å². The van der Waals surface area contributed by atoms with Gasteiger partial charge in [-0.1, -0.05) is 0 Å². The first-order valence-electron chi connectivity index (χ1n) is 6.78. The molecule has 3 nitrogen and oxygen atoms in total. The highest BCUT2D eigenvalue weighted by Crippen LogP contribution is 2.24. The van der Waals surface area contributed by atoms with Gasteiger partial charge in [-0.05, 0) is 37.2 Å². The zero-order valence-electron chi connectivity index (χ0n) is 12.1. The number of hydrogen-bond donors (Lipinski definition) is 1. The van der Waals surface area contributed by atoms with Crippen LogP contribution in [0.4, 0.5) is 13.2 Å². The average Bonchev–Trinajstić information content (AvgIpc) is 2.84. The van der Waals surface area contributed by atoms with Crippen LogP contribution in [0.15, 0.2) is 24.4 Å². The minimum absolute atomic E-state index is 0.0230. The fourth-order valence-electron chi connectivity index (χ4n) is 2.23. The molecule has 0 saturated heterocycles. The first-order valence-corrected chi connectivity index (χ1v) is 6.78. The molecule has 0 bridgehead atoms. The first-order chi connectivity index (χ1) is 9.89. The summed E-state index contributed by atoms with van der Waals surface area (Å²) in [6, 6.07) is 5.75. The van der Waals surface area contributed by atoms with E-state index in [2.05, 4.69) is 4.98 Å². The smallest absolute Gasteiger partial charge is 0.390 e. The molecule has 6 heteroatoms. The van der Waals surface area contributed by atoms with Gasteiger partial charge < -0.3 is 14.6 Å². The van der Waals surface area contributed by atoms with E-state index in [1.807, 2.05) is 24.4 Å². The lowest BCUT2D eigenvalue weighted by Crippen LogP contribution is -2.26. The number of methoxy groups -OCH3 is 1. The number of fused-ring (bicyclic) bond motifs is 1. The van der Waals surface area contributed by atoms with Crippen LogP contribution in [-0.2, 0) is 6.42 Å². The van der Waals surface area contributed by atoms with Gasteiger partial charge in [0, 0.05) is 30.2 Å². The molecule has 1 aromatic heterocycles. The van der Waals surface area contributed by atoms with Crippen LogP contribution in [0.1, 0.15) is 12.0 Å². The summed E-state index contributed by atoms with van der Waals surface area (Å²) in [6.45, 7) is 0.607. The summed E-state index contributed by atoms with van der Waals surface area (Å²) in [6.07, 6.45) is -2.27. The number of alkyl halides is 3. The van der Waals surface area contributed by atoms with Crippen LogP contribution in [0.25, 0.3) is 10.9 Å². The fraction of sp³-hybridized carbons (Fsp3) is 0.467. The normalized spacial score (nSPS) is 12.3. The molecule has 1 N–H and O–H groups in total. The maximum absolute atomic E-state index is 12.2. The Hall–Kier alpha value is -1.69. The molecule has 1 heterocycles. The average molecular weight is 300 g/mol. The van der Waals surface area contributed by atoms with Gasteiger partial charge in [-0.25, -0.2) is 0 Å². The number of rotatable bonds is 6. The molecule has 21 heavy (non-hydrogen) atoms. The predicted octanol–water partition coefficient (Wildman–Crippen LogP) is 3.60. The molecule has 0 saturated carbocycles. The number of hydrogen-bond acceptors (Lipinski definition) is 2. The van der Waals surface area contributed by atoms with E-state index < -0.39 is 12.6 Å². The van der Waals surface area contributed by atoms with Gasteiger partial charge in [0.2, 0.25) is 0 Å². The van der Waals surface area contributed by atoms with Crippen molar-refractivity contribution in [2.75, 3.05) is 27.2 Å². The van der Waals surface area contributed by atoms with Crippen molar-refractivity contribution in [2.24, 2.45) is 0 Å². The monoisotopic (exact) mass is 300 g/mol. The summed E-state index contributed by atoms with van der Waals surface area (Å²) in [7, 11) is 3.32. The van der Waals surface area contributed by atoms with Crippen LogP contribution in [0, 0.1) is 0 Å². The summed E-state index contributed by atoms with van der Waals surface area (Å²) in [5, 5.41) is 1.05. The van der Waals surface area contributed by atoms with E-state index in [9.17, 15) is 13.2 Å². The molecule has 0 aliphatic heterocycles. The lowest BCUT2D eigenvalue weighted by molar-refractivity contribution is -0.137. The molecule has 0 spiro atoms. The van der Waals surface area contributed by atoms with Crippen molar-refractivity contribution in [3.05, 3.63) is 30.0 Å². The molecule has 0 unspecified atom stereocenters. The summed E-state index contributed by atoms with van der Waals surface area (Å²) in [5.41, 5.74) is 2.09. The molecule has 1 aromatic carbocycles. The van der Waals surface area contributed by atoms with Crippen molar-refractivity contribution < 1.29 is 17.9 Å². The molecule has 0 aliphatic rings. The van der Waals surface area contributed by atoms with Crippen molar-refractivity contribution in [1.29, 1.82) is 0 Å². The number of aromatic amines is 1. The third-order valence-corrected chi connectivity index (χ3v) is 3.51. The van der Waals surface area contributed by atoms with Gasteiger partial charge in [-0.3, -0.25) is 0 Å². The Morgan fingerprint density at radius 1 is 1.24 bits per heavy atom. The summed E-state index contributed by atoms with van der Waals surface area (Å²) in [4.78, 5) is 4.87. The molecule has 2 aromatic rings. The molecule has 0 fully saturated rings. The van der Waals surface area contributed by atoms with Crippen LogP contribution in [0.3, 0.4) is 0 Å². The number of aromatic nitrogens is 1. The predicted molar refractivity (Wildman–Crippen MR) is 76.7 cm³/mol. The van der Waals surface area contributed by atoms with E-state index >= 15 is 0 Å². The van der Waals surface area contributed by atoms with Gasteiger partial charge in [0.05, 0.1) is 13.5 Å². The van der Waals surface area contributed by atoms with E-state index in [1.165, 1.54) is 0 Å². The highest BCUT2D eigenvalue weighted by Gasteiger charge is 2.26. The molecular formula is C15H19F3N2O. The van der Waals surface area contributed by atoms with Gasteiger partial charge in [-0.2, -0.15) is 13.2 Å². The largest absolute Gasteiger partial charge is 0.497 e. The Labute approximate surface area is 121 Å². The van der Waals surface area contributed by atoms with Gasteiger partial charge in [0.1, 0.15) is 5.75 Å². The number of ether oxygens (including phenoxy) is 1. The maximum Gasteiger partial charge on any atom is 0.390 e. The second kappa shape index (κ2) is 6.39. The van der Waals surface area contributed by atoms with Crippen LogP contribution in [0.2, 0.25) is 0 Å². The first kappa shape index (κ1) is 15.7. The fourth-order valence-corrected chi connectivity index (χ4v) is 2.23. The molecule has 116 valence electrons. The topological polar surface area (TPSA) is 28.3 Å². The standard InChI is InChI=1S/C15H19F3N2O/c1-20(8-6-15(16,17)18)7-5-11-10-19-14-4-3-12(21-2)9-13(11)14/h3-4,9-10,19H,5-8H2,1-2H3. The SMILES string of the molecule is COc1ccc2[nH]cc(CCN(C)CCC(F)(F)F)c2c1. The van der Waals surface area contributed by atoms with Crippen molar-refractivity contribution in [3.8, 4) is 5.75 Å². The van der Waals surface area contributed by atoms with Crippen molar-refractivity contribution >= 4 is 10.9 Å². The minimum Gasteiger partial charge on any atom is -0.497 e. The lowest BCUT2D eigenvalue weighted by Gasteiger charge is -2.17. The Kier molecular flexibility index (Phi) is 4.77.